The van der Waals surface area contributed by atoms with Crippen LogP contribution in [-0.2, 0) is 6.54 Å². The van der Waals surface area contributed by atoms with Crippen LogP contribution in [-0.4, -0.2) is 0 Å². The maximum atomic E-state index is 13.6. The van der Waals surface area contributed by atoms with Gasteiger partial charge in [-0.3, -0.25) is 0 Å². The summed E-state index contributed by atoms with van der Waals surface area (Å²) in [5, 5.41) is 4.42. The van der Waals surface area contributed by atoms with Crippen LogP contribution in [0.25, 0.3) is 0 Å². The van der Waals surface area contributed by atoms with E-state index in [1.54, 1.807) is 25.1 Å². The minimum Gasteiger partial charge on any atom is -0.306 e. The maximum Gasteiger partial charge on any atom is 0.126 e. The molecule has 0 aromatic heterocycles. The molecular formula is C16H16Cl2FN. The molecule has 2 aromatic rings. The van der Waals surface area contributed by atoms with Gasteiger partial charge in [0.1, 0.15) is 5.82 Å². The molecule has 0 spiro atoms. The van der Waals surface area contributed by atoms with Crippen molar-refractivity contribution in [3.05, 3.63) is 69.0 Å². The lowest BCUT2D eigenvalue weighted by Gasteiger charge is -2.16. The molecule has 2 aromatic carbocycles. The van der Waals surface area contributed by atoms with Gasteiger partial charge in [-0.05, 0) is 42.7 Å². The van der Waals surface area contributed by atoms with Crippen LogP contribution in [0.2, 0.25) is 10.0 Å². The third-order valence-electron chi connectivity index (χ3n) is 3.33. The van der Waals surface area contributed by atoms with E-state index in [2.05, 4.69) is 5.32 Å². The zero-order chi connectivity index (χ0) is 14.7. The Hall–Kier alpha value is -1.09. The highest BCUT2D eigenvalue weighted by atomic mass is 35.5. The van der Waals surface area contributed by atoms with E-state index in [4.69, 9.17) is 23.2 Å². The highest BCUT2D eigenvalue weighted by molar-refractivity contribution is 6.42. The molecule has 0 radical (unpaired) electrons. The SMILES string of the molecule is Cc1ccc(C(C)NCc2cccc(Cl)c2Cl)cc1F. The summed E-state index contributed by atoms with van der Waals surface area (Å²) in [4.78, 5) is 0. The van der Waals surface area contributed by atoms with Gasteiger partial charge in [0.2, 0.25) is 0 Å². The molecule has 0 fully saturated rings. The van der Waals surface area contributed by atoms with E-state index in [0.29, 0.717) is 22.2 Å². The van der Waals surface area contributed by atoms with Crippen molar-refractivity contribution in [3.8, 4) is 0 Å². The minimum atomic E-state index is -0.183. The van der Waals surface area contributed by atoms with Crippen LogP contribution in [0.5, 0.6) is 0 Å². The monoisotopic (exact) mass is 311 g/mol. The fourth-order valence-corrected chi connectivity index (χ4v) is 2.33. The molecule has 1 nitrogen and oxygen atoms in total. The van der Waals surface area contributed by atoms with Gasteiger partial charge < -0.3 is 5.32 Å². The molecule has 0 aliphatic heterocycles. The molecule has 0 heterocycles. The quantitative estimate of drug-likeness (QED) is 0.808. The van der Waals surface area contributed by atoms with Crippen molar-refractivity contribution < 1.29 is 4.39 Å². The van der Waals surface area contributed by atoms with Gasteiger partial charge >= 0.3 is 0 Å². The van der Waals surface area contributed by atoms with Crippen LogP contribution in [0.4, 0.5) is 4.39 Å². The van der Waals surface area contributed by atoms with Crippen LogP contribution < -0.4 is 5.32 Å². The smallest absolute Gasteiger partial charge is 0.126 e. The molecule has 1 unspecified atom stereocenters. The van der Waals surface area contributed by atoms with Gasteiger partial charge in [-0.1, -0.05) is 47.5 Å². The summed E-state index contributed by atoms with van der Waals surface area (Å²) < 4.78 is 13.6. The standard InChI is InChI=1S/C16H16Cl2FN/c1-10-6-7-12(8-15(10)19)11(2)20-9-13-4-3-5-14(17)16(13)18/h3-8,11,20H,9H2,1-2H3. The first kappa shape index (κ1) is 15.3. The fourth-order valence-electron chi connectivity index (χ4n) is 1.94. The molecule has 0 aliphatic carbocycles. The van der Waals surface area contributed by atoms with Crippen LogP contribution >= 0.6 is 23.2 Å². The highest BCUT2D eigenvalue weighted by Crippen LogP contribution is 2.26. The van der Waals surface area contributed by atoms with E-state index < -0.39 is 0 Å². The Morgan fingerprint density at radius 3 is 2.65 bits per heavy atom. The summed E-state index contributed by atoms with van der Waals surface area (Å²) >= 11 is 12.1. The highest BCUT2D eigenvalue weighted by Gasteiger charge is 2.09. The van der Waals surface area contributed by atoms with E-state index in [1.807, 2.05) is 25.1 Å². The van der Waals surface area contributed by atoms with E-state index in [-0.39, 0.29) is 11.9 Å². The van der Waals surface area contributed by atoms with E-state index in [9.17, 15) is 4.39 Å². The van der Waals surface area contributed by atoms with Crippen molar-refractivity contribution in [2.75, 3.05) is 0 Å². The van der Waals surface area contributed by atoms with Gasteiger partial charge in [0.15, 0.2) is 0 Å². The molecule has 0 aliphatic rings. The lowest BCUT2D eigenvalue weighted by molar-refractivity contribution is 0.563. The molecule has 20 heavy (non-hydrogen) atoms. The third kappa shape index (κ3) is 3.51. The van der Waals surface area contributed by atoms with Crippen molar-refractivity contribution in [1.29, 1.82) is 0 Å². The molecular weight excluding hydrogens is 296 g/mol. The number of halogens is 3. The minimum absolute atomic E-state index is 0.0279. The van der Waals surface area contributed by atoms with Gasteiger partial charge in [-0.25, -0.2) is 4.39 Å². The van der Waals surface area contributed by atoms with Gasteiger partial charge in [0.25, 0.3) is 0 Å². The van der Waals surface area contributed by atoms with Gasteiger partial charge in [-0.15, -0.1) is 0 Å². The average molecular weight is 312 g/mol. The molecule has 1 atom stereocenters. The van der Waals surface area contributed by atoms with E-state index in [0.717, 1.165) is 11.1 Å². The lowest BCUT2D eigenvalue weighted by Crippen LogP contribution is -2.18. The number of nitrogens with one attached hydrogen (secondary N) is 1. The van der Waals surface area contributed by atoms with Crippen molar-refractivity contribution in [1.82, 2.24) is 5.32 Å². The number of hydrogen-bond donors (Lipinski definition) is 1. The first-order valence-electron chi connectivity index (χ1n) is 6.41. The first-order valence-corrected chi connectivity index (χ1v) is 7.17. The van der Waals surface area contributed by atoms with Crippen molar-refractivity contribution in [2.45, 2.75) is 26.4 Å². The number of aryl methyl sites for hydroxylation is 1. The Kier molecular flexibility index (Phi) is 5.03. The fraction of sp³-hybridized carbons (Fsp3) is 0.250. The van der Waals surface area contributed by atoms with E-state index >= 15 is 0 Å². The van der Waals surface area contributed by atoms with Crippen LogP contribution in [0, 0.1) is 12.7 Å². The predicted molar refractivity (Wildman–Crippen MR) is 82.9 cm³/mol. The summed E-state index contributed by atoms with van der Waals surface area (Å²) in [5.74, 6) is -0.183. The first-order chi connectivity index (χ1) is 9.49. The Morgan fingerprint density at radius 1 is 1.20 bits per heavy atom. The van der Waals surface area contributed by atoms with Crippen LogP contribution in [0.1, 0.15) is 29.7 Å². The maximum absolute atomic E-state index is 13.6. The van der Waals surface area contributed by atoms with Gasteiger partial charge in [0.05, 0.1) is 10.0 Å². The number of hydrogen-bond acceptors (Lipinski definition) is 1. The summed E-state index contributed by atoms with van der Waals surface area (Å²) in [7, 11) is 0. The van der Waals surface area contributed by atoms with Crippen molar-refractivity contribution >= 4 is 23.2 Å². The molecule has 2 rings (SSSR count). The summed E-state index contributed by atoms with van der Waals surface area (Å²) in [5.41, 5.74) is 2.49. The second-order valence-electron chi connectivity index (χ2n) is 4.82. The molecule has 4 heteroatoms. The molecule has 0 saturated carbocycles. The van der Waals surface area contributed by atoms with Crippen molar-refractivity contribution in [2.24, 2.45) is 0 Å². The Balaban J connectivity index is 2.06. The Morgan fingerprint density at radius 2 is 1.95 bits per heavy atom. The number of benzene rings is 2. The summed E-state index contributed by atoms with van der Waals surface area (Å²) in [6, 6.07) is 10.8. The zero-order valence-corrected chi connectivity index (χ0v) is 12.9. The van der Waals surface area contributed by atoms with Gasteiger partial charge in [0, 0.05) is 12.6 Å². The molecule has 1 N–H and O–H groups in total. The molecule has 0 amide bonds. The van der Waals surface area contributed by atoms with E-state index in [1.165, 1.54) is 0 Å². The average Bonchev–Trinajstić information content (AvgIpc) is 2.43. The summed E-state index contributed by atoms with van der Waals surface area (Å²) in [6.45, 7) is 4.32. The second-order valence-corrected chi connectivity index (χ2v) is 5.61. The van der Waals surface area contributed by atoms with Crippen LogP contribution in [0.15, 0.2) is 36.4 Å². The topological polar surface area (TPSA) is 12.0 Å². The molecule has 0 bridgehead atoms. The zero-order valence-electron chi connectivity index (χ0n) is 11.4. The summed E-state index contributed by atoms with van der Waals surface area (Å²) in [6.07, 6.45) is 0. The Labute approximate surface area is 128 Å². The molecule has 106 valence electrons. The third-order valence-corrected chi connectivity index (χ3v) is 4.18. The molecule has 0 saturated heterocycles. The number of rotatable bonds is 4. The van der Waals surface area contributed by atoms with Gasteiger partial charge in [-0.2, -0.15) is 0 Å². The van der Waals surface area contributed by atoms with Crippen molar-refractivity contribution in [3.63, 3.8) is 0 Å². The largest absolute Gasteiger partial charge is 0.306 e. The van der Waals surface area contributed by atoms with Crippen LogP contribution in [0.3, 0.4) is 0 Å². The normalized spacial score (nSPS) is 12.4. The Bertz CT molecular complexity index is 613. The predicted octanol–water partition coefficient (Wildman–Crippen LogP) is 5.29. The lowest BCUT2D eigenvalue weighted by atomic mass is 10.1. The second kappa shape index (κ2) is 6.57.